The lowest BCUT2D eigenvalue weighted by Gasteiger charge is -2.35. The number of anilines is 1. The van der Waals surface area contributed by atoms with Crippen LogP contribution < -0.4 is 10.6 Å². The van der Waals surface area contributed by atoms with Gasteiger partial charge in [-0.1, -0.05) is 12.8 Å². The van der Waals surface area contributed by atoms with Gasteiger partial charge in [-0.25, -0.2) is 4.98 Å². The molecular formula is C16H25BF3N3O2. The minimum atomic E-state index is -4.36. The largest absolute Gasteiger partial charge is 0.451 e. The molecular weight excluding hydrogens is 334 g/mol. The summed E-state index contributed by atoms with van der Waals surface area (Å²) in [6.07, 6.45) is 1.22. The van der Waals surface area contributed by atoms with Gasteiger partial charge in [0.25, 0.3) is 0 Å². The van der Waals surface area contributed by atoms with Crippen molar-refractivity contribution in [1.29, 1.82) is 0 Å². The van der Waals surface area contributed by atoms with E-state index in [0.29, 0.717) is 31.1 Å². The molecule has 9 heteroatoms. The highest BCUT2D eigenvalue weighted by molar-refractivity contribution is 6.40. The van der Waals surface area contributed by atoms with Gasteiger partial charge in [0.15, 0.2) is 0 Å². The van der Waals surface area contributed by atoms with Gasteiger partial charge in [0.1, 0.15) is 5.82 Å². The van der Waals surface area contributed by atoms with Crippen LogP contribution in [0.1, 0.15) is 37.7 Å². The first-order valence-corrected chi connectivity index (χ1v) is 8.67. The van der Waals surface area contributed by atoms with Gasteiger partial charge in [-0.3, -0.25) is 0 Å². The number of aromatic nitrogens is 1. The zero-order valence-corrected chi connectivity index (χ0v) is 14.1. The van der Waals surface area contributed by atoms with Crippen molar-refractivity contribution in [2.75, 3.05) is 18.0 Å². The van der Waals surface area contributed by atoms with Crippen LogP contribution in [0, 0.1) is 5.92 Å². The Balaban J connectivity index is 1.81. The van der Waals surface area contributed by atoms with E-state index in [9.17, 15) is 13.2 Å². The van der Waals surface area contributed by atoms with Gasteiger partial charge in [0.2, 0.25) is 0 Å². The van der Waals surface area contributed by atoms with Crippen molar-refractivity contribution < 1.29 is 23.2 Å². The molecule has 1 saturated heterocycles. The first kappa shape index (κ1) is 20.0. The van der Waals surface area contributed by atoms with Gasteiger partial charge < -0.3 is 20.7 Å². The fourth-order valence-electron chi connectivity index (χ4n) is 3.27. The lowest BCUT2D eigenvalue weighted by atomic mass is 9.82. The molecule has 0 radical (unpaired) electrons. The molecule has 1 atom stereocenters. The second-order valence-electron chi connectivity index (χ2n) is 6.65. The van der Waals surface area contributed by atoms with Crippen molar-refractivity contribution in [3.05, 3.63) is 23.9 Å². The fourth-order valence-corrected chi connectivity index (χ4v) is 3.27. The molecule has 2 heterocycles. The van der Waals surface area contributed by atoms with Crippen molar-refractivity contribution in [2.24, 2.45) is 11.7 Å². The van der Waals surface area contributed by atoms with E-state index in [0.717, 1.165) is 44.2 Å². The maximum absolute atomic E-state index is 12.8. The number of hydrogen-bond acceptors (Lipinski definition) is 5. The molecule has 0 aliphatic carbocycles. The number of piperidine rings is 1. The molecule has 1 fully saturated rings. The highest BCUT2D eigenvalue weighted by atomic mass is 19.4. The number of pyridine rings is 1. The zero-order valence-electron chi connectivity index (χ0n) is 14.1. The Hall–Kier alpha value is -1.32. The van der Waals surface area contributed by atoms with Crippen molar-refractivity contribution in [3.8, 4) is 0 Å². The molecule has 140 valence electrons. The van der Waals surface area contributed by atoms with Crippen molar-refractivity contribution in [3.63, 3.8) is 0 Å². The third-order valence-corrected chi connectivity index (χ3v) is 4.79. The van der Waals surface area contributed by atoms with Crippen LogP contribution in [0.25, 0.3) is 0 Å². The van der Waals surface area contributed by atoms with E-state index in [4.69, 9.17) is 15.8 Å². The van der Waals surface area contributed by atoms with Crippen LogP contribution >= 0.6 is 0 Å². The highest BCUT2D eigenvalue weighted by Gasteiger charge is 2.32. The normalized spacial score (nSPS) is 17.6. The van der Waals surface area contributed by atoms with Gasteiger partial charge in [-0.2, -0.15) is 13.2 Å². The number of unbranched alkanes of at least 4 members (excludes halogenated alkanes) is 1. The van der Waals surface area contributed by atoms with Crippen LogP contribution in [-0.4, -0.2) is 41.3 Å². The SMILES string of the molecule is NC(CCCCB(O)O)C1CCN(c2cc(C(F)(F)F)ccn2)CC1. The molecule has 0 saturated carbocycles. The van der Waals surface area contributed by atoms with E-state index in [-0.39, 0.29) is 6.04 Å². The van der Waals surface area contributed by atoms with E-state index < -0.39 is 18.9 Å². The third-order valence-electron chi connectivity index (χ3n) is 4.79. The predicted molar refractivity (Wildman–Crippen MR) is 91.0 cm³/mol. The average molecular weight is 359 g/mol. The van der Waals surface area contributed by atoms with E-state index in [1.165, 1.54) is 6.20 Å². The summed E-state index contributed by atoms with van der Waals surface area (Å²) in [7, 11) is -1.26. The number of halogens is 3. The molecule has 2 rings (SSSR count). The van der Waals surface area contributed by atoms with Crippen molar-refractivity contribution in [1.82, 2.24) is 4.98 Å². The molecule has 1 aromatic heterocycles. The van der Waals surface area contributed by atoms with E-state index in [1.807, 2.05) is 4.90 Å². The minimum absolute atomic E-state index is 0.0347. The molecule has 0 bridgehead atoms. The van der Waals surface area contributed by atoms with Crippen LogP contribution in [0.5, 0.6) is 0 Å². The summed E-state index contributed by atoms with van der Waals surface area (Å²) in [5.41, 5.74) is 5.54. The van der Waals surface area contributed by atoms with Gasteiger partial charge in [-0.15, -0.1) is 0 Å². The number of rotatable bonds is 7. The van der Waals surface area contributed by atoms with Crippen LogP contribution in [0.4, 0.5) is 19.0 Å². The Morgan fingerprint density at radius 2 is 1.96 bits per heavy atom. The summed E-state index contributed by atoms with van der Waals surface area (Å²) in [6.45, 7) is 1.28. The second-order valence-corrected chi connectivity index (χ2v) is 6.65. The van der Waals surface area contributed by atoms with Crippen LogP contribution in [0.3, 0.4) is 0 Å². The molecule has 0 amide bonds. The standard InChI is InChI=1S/C16H25BF3N3O2/c18-16(19,20)13-4-8-22-15(11-13)23-9-5-12(6-10-23)14(21)3-1-2-7-17(24)25/h4,8,11-12,14,24-25H,1-3,5-7,9-10,21H2. The molecule has 4 N–H and O–H groups in total. The number of hydrogen-bond donors (Lipinski definition) is 3. The number of nitrogens with two attached hydrogens (primary N) is 1. The number of alkyl halides is 3. The summed E-state index contributed by atoms with van der Waals surface area (Å²) in [4.78, 5) is 5.95. The third kappa shape index (κ3) is 6.16. The molecule has 0 spiro atoms. The maximum atomic E-state index is 12.8. The lowest BCUT2D eigenvalue weighted by Crippen LogP contribution is -2.41. The van der Waals surface area contributed by atoms with E-state index in [2.05, 4.69) is 4.98 Å². The first-order valence-electron chi connectivity index (χ1n) is 8.67. The Bertz CT molecular complexity index is 538. The molecule has 1 aliphatic rings. The second kappa shape index (κ2) is 8.87. The smallest absolute Gasteiger partial charge is 0.427 e. The molecule has 5 nitrogen and oxygen atoms in total. The summed E-state index contributed by atoms with van der Waals surface area (Å²) in [6, 6.07) is 2.11. The Morgan fingerprint density at radius 3 is 2.56 bits per heavy atom. The topological polar surface area (TPSA) is 82.6 Å². The fraction of sp³-hybridized carbons (Fsp3) is 0.688. The quantitative estimate of drug-likeness (QED) is 0.514. The van der Waals surface area contributed by atoms with Crippen LogP contribution in [-0.2, 0) is 6.18 Å². The van der Waals surface area contributed by atoms with E-state index in [1.54, 1.807) is 0 Å². The van der Waals surface area contributed by atoms with E-state index >= 15 is 0 Å². The molecule has 1 unspecified atom stereocenters. The minimum Gasteiger partial charge on any atom is -0.427 e. The summed E-state index contributed by atoms with van der Waals surface area (Å²) < 4.78 is 38.4. The zero-order chi connectivity index (χ0) is 18.4. The number of nitrogens with zero attached hydrogens (tertiary/aromatic N) is 2. The average Bonchev–Trinajstić information content (AvgIpc) is 2.58. The van der Waals surface area contributed by atoms with Crippen molar-refractivity contribution in [2.45, 2.75) is 50.6 Å². The van der Waals surface area contributed by atoms with Crippen LogP contribution in [0.2, 0.25) is 6.32 Å². The molecule has 25 heavy (non-hydrogen) atoms. The highest BCUT2D eigenvalue weighted by Crippen LogP contribution is 2.32. The molecule has 1 aliphatic heterocycles. The lowest BCUT2D eigenvalue weighted by molar-refractivity contribution is -0.137. The van der Waals surface area contributed by atoms with Gasteiger partial charge in [0, 0.05) is 25.3 Å². The monoisotopic (exact) mass is 359 g/mol. The molecule has 1 aromatic rings. The maximum Gasteiger partial charge on any atom is 0.451 e. The predicted octanol–water partition coefficient (Wildman–Crippen LogP) is 2.29. The summed E-state index contributed by atoms with van der Waals surface area (Å²) >= 11 is 0. The first-order chi connectivity index (χ1) is 11.8. The molecule has 0 aromatic carbocycles. The van der Waals surface area contributed by atoms with Crippen LogP contribution in [0.15, 0.2) is 18.3 Å². The Morgan fingerprint density at radius 1 is 1.28 bits per heavy atom. The Labute approximate surface area is 146 Å². The summed E-state index contributed by atoms with van der Waals surface area (Å²) in [5, 5.41) is 17.6. The van der Waals surface area contributed by atoms with Gasteiger partial charge >= 0.3 is 13.3 Å². The van der Waals surface area contributed by atoms with Crippen molar-refractivity contribution >= 4 is 12.9 Å². The summed E-state index contributed by atoms with van der Waals surface area (Å²) in [5.74, 6) is 0.694. The van der Waals surface area contributed by atoms with Gasteiger partial charge in [0.05, 0.1) is 5.56 Å². The Kier molecular flexibility index (Phi) is 7.09. The van der Waals surface area contributed by atoms with Gasteiger partial charge in [-0.05, 0) is 43.6 Å².